The summed E-state index contributed by atoms with van der Waals surface area (Å²) in [6, 6.07) is 3.98. The third-order valence-corrected chi connectivity index (χ3v) is 2.15. The summed E-state index contributed by atoms with van der Waals surface area (Å²) < 4.78 is 60.3. The van der Waals surface area contributed by atoms with E-state index in [4.69, 9.17) is 0 Å². The molecule has 1 aromatic rings. The van der Waals surface area contributed by atoms with Gasteiger partial charge in [-0.2, -0.15) is 0 Å². The van der Waals surface area contributed by atoms with E-state index >= 15 is 0 Å². The third-order valence-electron chi connectivity index (χ3n) is 1.32. The SMILES string of the molecule is FB(F)F.O=[N+]([O-])c1cccc(S(=O)(=O)[O-])c1.[Li+]. The molecule has 0 aliphatic carbocycles. The van der Waals surface area contributed by atoms with Gasteiger partial charge in [0, 0.05) is 12.1 Å². The number of non-ortho nitro benzene ring substituents is 1. The molecule has 0 saturated heterocycles. The number of hydrogen-bond donors (Lipinski definition) is 0. The van der Waals surface area contributed by atoms with Gasteiger partial charge in [-0.3, -0.25) is 23.1 Å². The molecule has 1 rings (SSSR count). The first-order chi connectivity index (χ1) is 7.64. The number of hydrogen-bond acceptors (Lipinski definition) is 5. The van der Waals surface area contributed by atoms with Crippen molar-refractivity contribution in [3.05, 3.63) is 34.4 Å². The molecule has 0 bridgehead atoms. The number of rotatable bonds is 2. The van der Waals surface area contributed by atoms with Crippen LogP contribution in [0.4, 0.5) is 18.6 Å². The Morgan fingerprint density at radius 2 is 1.67 bits per heavy atom. The van der Waals surface area contributed by atoms with E-state index in [9.17, 15) is 36.0 Å². The predicted octanol–water partition coefficient (Wildman–Crippen LogP) is -1.62. The second kappa shape index (κ2) is 8.15. The Balaban J connectivity index is 0. The minimum Gasteiger partial charge on any atom is -0.744 e. The van der Waals surface area contributed by atoms with E-state index in [1.165, 1.54) is 0 Å². The molecule has 6 nitrogen and oxygen atoms in total. The van der Waals surface area contributed by atoms with Gasteiger partial charge in [-0.05, 0) is 6.07 Å². The van der Waals surface area contributed by atoms with Crippen molar-refractivity contribution >= 4 is 23.3 Å². The van der Waals surface area contributed by atoms with Crippen LogP contribution in [0.15, 0.2) is 29.2 Å². The molecule has 0 N–H and O–H groups in total. The van der Waals surface area contributed by atoms with Crippen LogP contribution in [-0.2, 0) is 10.1 Å². The summed E-state index contributed by atoms with van der Waals surface area (Å²) in [6.07, 6.45) is 0. The van der Waals surface area contributed by atoms with Gasteiger partial charge in [0.2, 0.25) is 0 Å². The molecular weight excluding hydrogens is 273 g/mol. The maximum atomic E-state index is 10.4. The molecule has 0 amide bonds. The molecule has 0 radical (unpaired) electrons. The summed E-state index contributed by atoms with van der Waals surface area (Å²) >= 11 is 0. The van der Waals surface area contributed by atoms with Gasteiger partial charge in [-0.25, -0.2) is 8.42 Å². The molecule has 0 saturated carbocycles. The van der Waals surface area contributed by atoms with Crippen LogP contribution in [0.5, 0.6) is 0 Å². The monoisotopic (exact) mass is 277 g/mol. The zero-order chi connectivity index (χ0) is 13.6. The van der Waals surface area contributed by atoms with Gasteiger partial charge in [0.05, 0.1) is 9.82 Å². The van der Waals surface area contributed by atoms with E-state index in [0.717, 1.165) is 24.3 Å². The molecular formula is C6H4BF3LiNO5S. The zero-order valence-corrected chi connectivity index (χ0v) is 9.73. The Kier molecular flexibility index (Phi) is 8.75. The van der Waals surface area contributed by atoms with E-state index in [-0.39, 0.29) is 18.9 Å². The van der Waals surface area contributed by atoms with Crippen LogP contribution in [0.3, 0.4) is 0 Å². The van der Waals surface area contributed by atoms with Crippen molar-refractivity contribution in [1.82, 2.24) is 0 Å². The van der Waals surface area contributed by atoms with Gasteiger partial charge < -0.3 is 4.55 Å². The van der Waals surface area contributed by atoms with E-state index in [1.807, 2.05) is 0 Å². The summed E-state index contributed by atoms with van der Waals surface area (Å²) in [7, 11) is -8.28. The van der Waals surface area contributed by atoms with Gasteiger partial charge in [0.15, 0.2) is 0 Å². The molecule has 0 aromatic heterocycles. The summed E-state index contributed by atoms with van der Waals surface area (Å²) in [4.78, 5) is 8.82. The minimum atomic E-state index is -4.61. The van der Waals surface area contributed by atoms with Crippen molar-refractivity contribution in [3.63, 3.8) is 0 Å². The molecule has 18 heavy (non-hydrogen) atoms. The molecule has 0 heterocycles. The molecule has 1 aromatic carbocycles. The summed E-state index contributed by atoms with van der Waals surface area (Å²) in [6.45, 7) is 0. The van der Waals surface area contributed by atoms with Crippen LogP contribution in [0, 0.1) is 10.1 Å². The predicted molar refractivity (Wildman–Crippen MR) is 50.1 cm³/mol. The molecule has 94 valence electrons. The summed E-state index contributed by atoms with van der Waals surface area (Å²) in [5.41, 5.74) is -0.420. The summed E-state index contributed by atoms with van der Waals surface area (Å²) in [5, 5.41) is 10.2. The van der Waals surface area contributed by atoms with Crippen LogP contribution in [0.1, 0.15) is 0 Å². The molecule has 12 heteroatoms. The first-order valence-corrected chi connectivity index (χ1v) is 5.18. The zero-order valence-electron chi connectivity index (χ0n) is 8.92. The Morgan fingerprint density at radius 3 is 2.00 bits per heavy atom. The quantitative estimate of drug-likeness (QED) is 0.280. The normalized spacial score (nSPS) is 9.56. The minimum absolute atomic E-state index is 0. The Bertz CT molecular complexity index is 497. The van der Waals surface area contributed by atoms with Gasteiger partial charge in [0.1, 0.15) is 10.1 Å². The molecule has 0 unspecified atom stereocenters. The molecule has 0 aliphatic rings. The fraction of sp³-hybridized carbons (Fsp3) is 0. The van der Waals surface area contributed by atoms with E-state index < -0.39 is 33.2 Å². The van der Waals surface area contributed by atoms with Crippen molar-refractivity contribution < 1.29 is 49.7 Å². The van der Waals surface area contributed by atoms with Crippen molar-refractivity contribution in [2.24, 2.45) is 0 Å². The molecule has 0 spiro atoms. The van der Waals surface area contributed by atoms with Crippen LogP contribution in [0.25, 0.3) is 0 Å². The van der Waals surface area contributed by atoms with Crippen LogP contribution in [0.2, 0.25) is 0 Å². The number of benzene rings is 1. The molecule has 0 fully saturated rings. The van der Waals surface area contributed by atoms with Crippen molar-refractivity contribution in [3.8, 4) is 0 Å². The molecule has 0 atom stereocenters. The maximum Gasteiger partial charge on any atom is 1.00 e. The fourth-order valence-electron chi connectivity index (χ4n) is 0.753. The number of nitro groups is 1. The van der Waals surface area contributed by atoms with Crippen LogP contribution >= 0.6 is 0 Å². The fourth-order valence-corrected chi connectivity index (χ4v) is 1.26. The Labute approximate surface area is 112 Å². The smallest absolute Gasteiger partial charge is 0.744 e. The standard InChI is InChI=1S/C6H5NO5S.BF3.Li/c8-7(9)5-2-1-3-6(4-5)13(10,11)12;2-1(3)4;/h1-4H,(H,10,11,12);;/q;;+1/p-1. The van der Waals surface area contributed by atoms with Gasteiger partial charge in [-0.1, -0.05) is 6.07 Å². The van der Waals surface area contributed by atoms with Crippen molar-refractivity contribution in [1.29, 1.82) is 0 Å². The first-order valence-electron chi connectivity index (χ1n) is 3.77. The second-order valence-corrected chi connectivity index (χ2v) is 3.84. The van der Waals surface area contributed by atoms with E-state index in [0.29, 0.717) is 0 Å². The van der Waals surface area contributed by atoms with Crippen molar-refractivity contribution in [2.75, 3.05) is 0 Å². The largest absolute Gasteiger partial charge is 1.00 e. The number of halogens is 3. The van der Waals surface area contributed by atoms with Crippen LogP contribution in [-0.4, -0.2) is 25.4 Å². The van der Waals surface area contributed by atoms with Gasteiger partial charge in [-0.15, -0.1) is 0 Å². The Hall–Kier alpha value is -1.02. The summed E-state index contributed by atoms with van der Waals surface area (Å²) in [5.74, 6) is 0. The second-order valence-electron chi connectivity index (χ2n) is 2.46. The number of nitrogens with zero attached hydrogens (tertiary/aromatic N) is 1. The van der Waals surface area contributed by atoms with Gasteiger partial charge >= 0.3 is 26.4 Å². The van der Waals surface area contributed by atoms with Crippen LogP contribution < -0.4 is 18.9 Å². The van der Waals surface area contributed by atoms with E-state index in [1.54, 1.807) is 0 Å². The molecule has 0 aliphatic heterocycles. The average Bonchev–Trinajstić information content (AvgIpc) is 2.15. The Morgan fingerprint density at radius 1 is 1.22 bits per heavy atom. The maximum absolute atomic E-state index is 10.4. The number of nitro benzene ring substituents is 1. The third kappa shape index (κ3) is 8.13. The van der Waals surface area contributed by atoms with E-state index in [2.05, 4.69) is 0 Å². The first kappa shape index (κ1) is 19.3. The topological polar surface area (TPSA) is 100 Å². The van der Waals surface area contributed by atoms with Crippen molar-refractivity contribution in [2.45, 2.75) is 4.90 Å². The van der Waals surface area contributed by atoms with Gasteiger partial charge in [0.25, 0.3) is 5.69 Å². The average molecular weight is 277 g/mol.